The van der Waals surface area contributed by atoms with Crippen LogP contribution in [0.25, 0.3) is 10.6 Å². The van der Waals surface area contributed by atoms with Crippen LogP contribution in [-0.2, 0) is 6.42 Å². The molecule has 1 aromatic carbocycles. The van der Waals surface area contributed by atoms with E-state index >= 15 is 0 Å². The van der Waals surface area contributed by atoms with E-state index in [0.717, 1.165) is 17.0 Å². The summed E-state index contributed by atoms with van der Waals surface area (Å²) in [5.74, 6) is 0. The van der Waals surface area contributed by atoms with Crippen molar-refractivity contribution in [3.63, 3.8) is 0 Å². The number of hydrogen-bond acceptors (Lipinski definition) is 3. The largest absolute Gasteiger partial charge is 0.228 e. The zero-order chi connectivity index (χ0) is 11.5. The second-order valence-corrected chi connectivity index (χ2v) is 5.05. The number of benzene rings is 1. The Kier molecular flexibility index (Phi) is 3.37. The summed E-state index contributed by atoms with van der Waals surface area (Å²) >= 11 is 4.69. The summed E-state index contributed by atoms with van der Waals surface area (Å²) in [6, 6.07) is 10.4. The Bertz CT molecular complexity index is 537. The summed E-state index contributed by atoms with van der Waals surface area (Å²) in [6.07, 6.45) is 1.03. The Morgan fingerprint density at radius 2 is 2.06 bits per heavy atom. The Labute approximate surface area is 107 Å². The molecule has 0 unspecified atom stereocenters. The molecule has 0 aliphatic heterocycles. The molecule has 1 heterocycles. The maximum Gasteiger partial charge on any atom is 0.139 e. The number of nitriles is 1. The van der Waals surface area contributed by atoms with Gasteiger partial charge in [0, 0.05) is 5.56 Å². The normalized spacial score (nSPS) is 10.1. The van der Waals surface area contributed by atoms with Gasteiger partial charge in [0.1, 0.15) is 20.6 Å². The van der Waals surface area contributed by atoms with Crippen LogP contribution >= 0.6 is 27.3 Å². The molecule has 0 saturated heterocycles. The molecule has 16 heavy (non-hydrogen) atoms. The molecule has 2 aromatic rings. The number of aryl methyl sites for hydroxylation is 1. The minimum Gasteiger partial charge on any atom is -0.228 e. The van der Waals surface area contributed by atoms with Gasteiger partial charge in [-0.3, -0.25) is 0 Å². The molecule has 4 heteroatoms. The van der Waals surface area contributed by atoms with E-state index in [0.29, 0.717) is 9.48 Å². The first-order valence-electron chi connectivity index (χ1n) is 4.90. The fraction of sp³-hybridized carbons (Fsp3) is 0.167. The van der Waals surface area contributed by atoms with Crippen molar-refractivity contribution in [1.29, 1.82) is 5.26 Å². The molecular weight excluding hydrogens is 284 g/mol. The number of rotatable bonds is 2. The second kappa shape index (κ2) is 4.77. The minimum absolute atomic E-state index is 0.620. The minimum atomic E-state index is 0.620. The zero-order valence-corrected chi connectivity index (χ0v) is 11.1. The van der Waals surface area contributed by atoms with Crippen molar-refractivity contribution in [1.82, 2.24) is 4.98 Å². The van der Waals surface area contributed by atoms with Crippen LogP contribution in [0.3, 0.4) is 0 Å². The molecule has 0 N–H and O–H groups in total. The van der Waals surface area contributed by atoms with Gasteiger partial charge in [-0.15, -0.1) is 11.3 Å². The van der Waals surface area contributed by atoms with Crippen molar-refractivity contribution >= 4 is 27.3 Å². The fourth-order valence-corrected chi connectivity index (χ4v) is 2.76. The molecule has 0 fully saturated rings. The van der Waals surface area contributed by atoms with Crippen molar-refractivity contribution in [3.05, 3.63) is 39.3 Å². The van der Waals surface area contributed by atoms with E-state index in [4.69, 9.17) is 5.26 Å². The first-order chi connectivity index (χ1) is 7.74. The maximum atomic E-state index is 8.85. The first kappa shape index (κ1) is 11.3. The number of thiazole rings is 1. The lowest BCUT2D eigenvalue weighted by Gasteiger charge is -1.98. The van der Waals surface area contributed by atoms with E-state index in [9.17, 15) is 0 Å². The molecule has 0 spiro atoms. The van der Waals surface area contributed by atoms with Crippen LogP contribution in [0.5, 0.6) is 0 Å². The smallest absolute Gasteiger partial charge is 0.139 e. The van der Waals surface area contributed by atoms with E-state index in [1.807, 2.05) is 12.1 Å². The Hall–Kier alpha value is -1.18. The SMILES string of the molecule is CCc1ccc(-c2nc(Br)c(C#N)s2)cc1. The lowest BCUT2D eigenvalue weighted by atomic mass is 10.1. The topological polar surface area (TPSA) is 36.7 Å². The average molecular weight is 293 g/mol. The quantitative estimate of drug-likeness (QED) is 0.839. The highest BCUT2D eigenvalue weighted by Crippen LogP contribution is 2.30. The van der Waals surface area contributed by atoms with Gasteiger partial charge in [0.2, 0.25) is 0 Å². The van der Waals surface area contributed by atoms with Crippen LogP contribution in [0.15, 0.2) is 28.9 Å². The predicted octanol–water partition coefficient (Wildman–Crippen LogP) is 4.01. The van der Waals surface area contributed by atoms with Gasteiger partial charge in [-0.05, 0) is 27.9 Å². The molecule has 80 valence electrons. The maximum absolute atomic E-state index is 8.85. The molecule has 0 aliphatic carbocycles. The molecule has 2 nitrogen and oxygen atoms in total. The highest BCUT2D eigenvalue weighted by atomic mass is 79.9. The van der Waals surface area contributed by atoms with Crippen molar-refractivity contribution < 1.29 is 0 Å². The lowest BCUT2D eigenvalue weighted by molar-refractivity contribution is 1.14. The van der Waals surface area contributed by atoms with Crippen molar-refractivity contribution in [2.45, 2.75) is 13.3 Å². The molecule has 0 saturated carbocycles. The van der Waals surface area contributed by atoms with Crippen LogP contribution in [0.2, 0.25) is 0 Å². The van der Waals surface area contributed by atoms with Gasteiger partial charge < -0.3 is 0 Å². The van der Waals surface area contributed by atoms with Crippen molar-refractivity contribution in [2.24, 2.45) is 0 Å². The van der Waals surface area contributed by atoms with Gasteiger partial charge in [0.15, 0.2) is 0 Å². The molecular formula is C12H9BrN2S. The molecule has 0 bridgehead atoms. The second-order valence-electron chi connectivity index (χ2n) is 3.30. The first-order valence-corrected chi connectivity index (χ1v) is 6.51. The molecule has 0 aliphatic rings. The Balaban J connectivity index is 2.39. The summed E-state index contributed by atoms with van der Waals surface area (Å²) in [5, 5.41) is 9.73. The van der Waals surface area contributed by atoms with Crippen LogP contribution in [0.1, 0.15) is 17.4 Å². The average Bonchev–Trinajstić information content (AvgIpc) is 2.71. The van der Waals surface area contributed by atoms with Crippen LogP contribution in [0.4, 0.5) is 0 Å². The Morgan fingerprint density at radius 1 is 1.38 bits per heavy atom. The molecule has 1 aromatic heterocycles. The standard InChI is InChI=1S/C12H9BrN2S/c1-2-8-3-5-9(6-4-8)12-15-11(13)10(7-14)16-12/h3-6H,2H2,1H3. The van der Waals surface area contributed by atoms with Gasteiger partial charge in [0.25, 0.3) is 0 Å². The van der Waals surface area contributed by atoms with Crippen molar-refractivity contribution in [3.8, 4) is 16.6 Å². The van der Waals surface area contributed by atoms with E-state index in [1.54, 1.807) is 0 Å². The predicted molar refractivity (Wildman–Crippen MR) is 69.3 cm³/mol. The molecule has 0 radical (unpaired) electrons. The molecule has 2 rings (SSSR count). The van der Waals surface area contributed by atoms with E-state index in [-0.39, 0.29) is 0 Å². The van der Waals surface area contributed by atoms with E-state index in [1.165, 1.54) is 16.9 Å². The number of aromatic nitrogens is 1. The summed E-state index contributed by atoms with van der Waals surface area (Å²) in [7, 11) is 0. The Morgan fingerprint density at radius 3 is 2.56 bits per heavy atom. The van der Waals surface area contributed by atoms with Gasteiger partial charge in [-0.2, -0.15) is 5.26 Å². The number of halogens is 1. The highest BCUT2D eigenvalue weighted by molar-refractivity contribution is 9.10. The van der Waals surface area contributed by atoms with Gasteiger partial charge in [0.05, 0.1) is 0 Å². The number of nitrogens with zero attached hydrogens (tertiary/aromatic N) is 2. The number of hydrogen-bond donors (Lipinski definition) is 0. The molecule has 0 atom stereocenters. The van der Waals surface area contributed by atoms with E-state index < -0.39 is 0 Å². The summed E-state index contributed by atoms with van der Waals surface area (Å²) in [6.45, 7) is 2.13. The lowest BCUT2D eigenvalue weighted by Crippen LogP contribution is -1.80. The summed E-state index contributed by atoms with van der Waals surface area (Å²) in [5.41, 5.74) is 2.37. The zero-order valence-electron chi connectivity index (χ0n) is 8.70. The van der Waals surface area contributed by atoms with Gasteiger partial charge >= 0.3 is 0 Å². The molecule has 0 amide bonds. The third-order valence-corrected chi connectivity index (χ3v) is 4.14. The highest BCUT2D eigenvalue weighted by Gasteiger charge is 2.09. The monoisotopic (exact) mass is 292 g/mol. The van der Waals surface area contributed by atoms with Crippen molar-refractivity contribution in [2.75, 3.05) is 0 Å². The van der Waals surface area contributed by atoms with Gasteiger partial charge in [-0.1, -0.05) is 31.2 Å². The van der Waals surface area contributed by atoms with Crippen LogP contribution in [0, 0.1) is 11.3 Å². The third kappa shape index (κ3) is 2.16. The summed E-state index contributed by atoms with van der Waals surface area (Å²) < 4.78 is 0.634. The fourth-order valence-electron chi connectivity index (χ4n) is 1.38. The van der Waals surface area contributed by atoms with Gasteiger partial charge in [-0.25, -0.2) is 4.98 Å². The third-order valence-electron chi connectivity index (χ3n) is 2.30. The van der Waals surface area contributed by atoms with Crippen LogP contribution in [-0.4, -0.2) is 4.98 Å². The van der Waals surface area contributed by atoms with Crippen LogP contribution < -0.4 is 0 Å². The summed E-state index contributed by atoms with van der Waals surface area (Å²) in [4.78, 5) is 4.94. The van der Waals surface area contributed by atoms with E-state index in [2.05, 4.69) is 46.0 Å².